The van der Waals surface area contributed by atoms with Gasteiger partial charge >= 0.3 is 0 Å². The molecule has 0 aromatic rings. The van der Waals surface area contributed by atoms with E-state index in [0.717, 1.165) is 24.8 Å². The minimum atomic E-state index is -0.212. The zero-order valence-electron chi connectivity index (χ0n) is 14.4. The van der Waals surface area contributed by atoms with Crippen LogP contribution in [-0.4, -0.2) is 11.6 Å². The maximum absolute atomic E-state index is 12.9. The molecule has 4 aliphatic carbocycles. The quantitative estimate of drug-likeness (QED) is 0.661. The van der Waals surface area contributed by atoms with E-state index >= 15 is 0 Å². The van der Waals surface area contributed by atoms with E-state index in [0.29, 0.717) is 12.3 Å². The number of Topliss-reactive ketones (excluding diaryl/α,β-unsaturated/α-hetero) is 1. The molecule has 3 fully saturated rings. The fourth-order valence-corrected chi connectivity index (χ4v) is 6.85. The van der Waals surface area contributed by atoms with Gasteiger partial charge in [-0.2, -0.15) is 0 Å². The summed E-state index contributed by atoms with van der Waals surface area (Å²) < 4.78 is 0. The number of hydrogen-bond donors (Lipinski definition) is 0. The molecule has 0 amide bonds. The van der Waals surface area contributed by atoms with Crippen molar-refractivity contribution in [3.05, 3.63) is 11.6 Å². The Kier molecular flexibility index (Phi) is 2.62. The standard InChI is InChI=1S/C20H28O2/c1-17(2)6-5-7-19(4)15(17)11-14(21)13-10-16(22)18(3)8-9-20(13,19)12-18/h10,15H,5-9,11-12H2,1-4H3/t15-,18-,19-,20-/m0/s1. The molecule has 0 radical (unpaired) electrons. The maximum Gasteiger partial charge on any atom is 0.161 e. The monoisotopic (exact) mass is 300 g/mol. The average Bonchev–Trinajstić information content (AvgIpc) is 2.74. The summed E-state index contributed by atoms with van der Waals surface area (Å²) in [6.07, 6.45) is 9.04. The van der Waals surface area contributed by atoms with Gasteiger partial charge in [-0.25, -0.2) is 0 Å². The minimum Gasteiger partial charge on any atom is -0.295 e. The summed E-state index contributed by atoms with van der Waals surface area (Å²) in [4.78, 5) is 25.5. The molecule has 0 aromatic heterocycles. The molecular formula is C20H28O2. The SMILES string of the molecule is CC1(C)CCC[C@@]2(C)[C@H]1CC(=O)C1=CC(=O)[C@@]3(C)CC[C@]12C3. The molecule has 2 bridgehead atoms. The molecular weight excluding hydrogens is 272 g/mol. The number of rotatable bonds is 0. The van der Waals surface area contributed by atoms with Crippen LogP contribution in [0.5, 0.6) is 0 Å². The lowest BCUT2D eigenvalue weighted by Crippen LogP contribution is -2.58. The van der Waals surface area contributed by atoms with E-state index in [1.807, 2.05) is 0 Å². The molecule has 4 atom stereocenters. The van der Waals surface area contributed by atoms with Gasteiger partial charge < -0.3 is 0 Å². The van der Waals surface area contributed by atoms with Crippen LogP contribution in [0, 0.1) is 27.6 Å². The zero-order valence-corrected chi connectivity index (χ0v) is 14.4. The third kappa shape index (κ3) is 1.47. The van der Waals surface area contributed by atoms with Crippen LogP contribution in [0.25, 0.3) is 0 Å². The van der Waals surface area contributed by atoms with Crippen molar-refractivity contribution >= 4 is 11.6 Å². The summed E-state index contributed by atoms with van der Waals surface area (Å²) in [5.74, 6) is 0.949. The Morgan fingerprint density at radius 3 is 2.45 bits per heavy atom. The van der Waals surface area contributed by atoms with E-state index in [-0.39, 0.29) is 33.2 Å². The van der Waals surface area contributed by atoms with E-state index in [1.165, 1.54) is 19.3 Å². The highest BCUT2D eigenvalue weighted by atomic mass is 16.1. The Bertz CT molecular complexity index is 613. The second-order valence-corrected chi connectivity index (χ2v) is 9.68. The first-order valence-corrected chi connectivity index (χ1v) is 8.95. The number of carbonyl (C=O) groups excluding carboxylic acids is 2. The van der Waals surface area contributed by atoms with Gasteiger partial charge in [-0.3, -0.25) is 9.59 Å². The lowest BCUT2D eigenvalue weighted by molar-refractivity contribution is -0.145. The highest BCUT2D eigenvalue weighted by molar-refractivity contribution is 6.08. The van der Waals surface area contributed by atoms with Crippen LogP contribution in [-0.2, 0) is 9.59 Å². The van der Waals surface area contributed by atoms with Gasteiger partial charge in [0, 0.05) is 22.8 Å². The van der Waals surface area contributed by atoms with E-state index < -0.39 is 0 Å². The van der Waals surface area contributed by atoms with Crippen molar-refractivity contribution in [3.63, 3.8) is 0 Å². The van der Waals surface area contributed by atoms with Crippen LogP contribution in [0.4, 0.5) is 0 Å². The Hall–Kier alpha value is -0.920. The van der Waals surface area contributed by atoms with Crippen molar-refractivity contribution in [1.29, 1.82) is 0 Å². The number of fused-ring (bicyclic) bond motifs is 2. The van der Waals surface area contributed by atoms with Crippen molar-refractivity contribution in [2.75, 3.05) is 0 Å². The lowest BCUT2D eigenvalue weighted by Gasteiger charge is -2.63. The summed E-state index contributed by atoms with van der Waals surface area (Å²) in [5.41, 5.74) is 1.10. The molecule has 22 heavy (non-hydrogen) atoms. The number of allylic oxidation sites excluding steroid dienone is 2. The van der Waals surface area contributed by atoms with Gasteiger partial charge in [-0.15, -0.1) is 0 Å². The van der Waals surface area contributed by atoms with Gasteiger partial charge in [0.05, 0.1) is 0 Å². The third-order valence-electron chi connectivity index (χ3n) is 8.19. The number of hydrogen-bond acceptors (Lipinski definition) is 2. The molecule has 4 rings (SSSR count). The zero-order chi connectivity index (χ0) is 16.0. The first kappa shape index (κ1) is 14.7. The average molecular weight is 300 g/mol. The molecule has 0 aliphatic heterocycles. The van der Waals surface area contributed by atoms with Crippen LogP contribution >= 0.6 is 0 Å². The minimum absolute atomic E-state index is 0.0205. The van der Waals surface area contributed by atoms with Crippen molar-refractivity contribution in [2.24, 2.45) is 27.6 Å². The van der Waals surface area contributed by atoms with Gasteiger partial charge in [-0.05, 0) is 54.9 Å². The van der Waals surface area contributed by atoms with Crippen molar-refractivity contribution in [2.45, 2.75) is 72.6 Å². The highest BCUT2D eigenvalue weighted by Gasteiger charge is 2.68. The van der Waals surface area contributed by atoms with Crippen LogP contribution in [0.1, 0.15) is 72.6 Å². The molecule has 1 spiro atoms. The Labute approximate surface area is 133 Å². The van der Waals surface area contributed by atoms with Gasteiger partial charge in [0.1, 0.15) is 0 Å². The number of ketones is 2. The topological polar surface area (TPSA) is 34.1 Å². The van der Waals surface area contributed by atoms with Crippen LogP contribution in [0.2, 0.25) is 0 Å². The first-order valence-electron chi connectivity index (χ1n) is 8.95. The summed E-state index contributed by atoms with van der Waals surface area (Å²) in [6.45, 7) is 9.29. The van der Waals surface area contributed by atoms with Crippen LogP contribution in [0.3, 0.4) is 0 Å². The smallest absolute Gasteiger partial charge is 0.161 e. The normalized spacial score (nSPS) is 49.5. The fraction of sp³-hybridized carbons (Fsp3) is 0.800. The third-order valence-corrected chi connectivity index (χ3v) is 8.19. The molecule has 2 nitrogen and oxygen atoms in total. The van der Waals surface area contributed by atoms with Gasteiger partial charge in [0.2, 0.25) is 0 Å². The van der Waals surface area contributed by atoms with Crippen molar-refractivity contribution in [3.8, 4) is 0 Å². The van der Waals surface area contributed by atoms with Gasteiger partial charge in [0.15, 0.2) is 11.6 Å². The molecule has 4 aliphatic rings. The van der Waals surface area contributed by atoms with Gasteiger partial charge in [0.25, 0.3) is 0 Å². The number of carbonyl (C=O) groups is 2. The summed E-state index contributed by atoms with van der Waals surface area (Å²) >= 11 is 0. The fourth-order valence-electron chi connectivity index (χ4n) is 6.85. The first-order chi connectivity index (χ1) is 10.1. The summed E-state index contributed by atoms with van der Waals surface area (Å²) in [6, 6.07) is 0. The second-order valence-electron chi connectivity index (χ2n) is 9.68. The van der Waals surface area contributed by atoms with Crippen LogP contribution in [0.15, 0.2) is 11.6 Å². The Morgan fingerprint density at radius 1 is 1.00 bits per heavy atom. The molecule has 2 heteroatoms. The molecule has 120 valence electrons. The molecule has 3 saturated carbocycles. The van der Waals surface area contributed by atoms with Crippen molar-refractivity contribution < 1.29 is 9.59 Å². The molecule has 0 heterocycles. The van der Waals surface area contributed by atoms with Crippen molar-refractivity contribution in [1.82, 2.24) is 0 Å². The predicted octanol–water partition coefficient (Wildman–Crippen LogP) is 4.48. The largest absolute Gasteiger partial charge is 0.295 e. The van der Waals surface area contributed by atoms with E-state index in [1.54, 1.807) is 6.08 Å². The molecule has 0 saturated heterocycles. The van der Waals surface area contributed by atoms with E-state index in [4.69, 9.17) is 0 Å². The maximum atomic E-state index is 12.9. The Morgan fingerprint density at radius 2 is 1.73 bits per heavy atom. The summed E-state index contributed by atoms with van der Waals surface area (Å²) in [7, 11) is 0. The van der Waals surface area contributed by atoms with E-state index in [9.17, 15) is 9.59 Å². The molecule has 0 unspecified atom stereocenters. The molecule has 0 N–H and O–H groups in total. The Balaban J connectivity index is 1.93. The summed E-state index contributed by atoms with van der Waals surface area (Å²) in [5, 5.41) is 0. The van der Waals surface area contributed by atoms with Gasteiger partial charge in [-0.1, -0.05) is 34.1 Å². The van der Waals surface area contributed by atoms with Crippen LogP contribution < -0.4 is 0 Å². The second kappa shape index (κ2) is 3.94. The van der Waals surface area contributed by atoms with E-state index in [2.05, 4.69) is 27.7 Å². The highest BCUT2D eigenvalue weighted by Crippen LogP contribution is 2.73. The molecule has 0 aromatic carbocycles. The predicted molar refractivity (Wildman–Crippen MR) is 86.3 cm³/mol. The lowest BCUT2D eigenvalue weighted by atomic mass is 9.40.